The first-order valence-corrected chi connectivity index (χ1v) is 7.43. The maximum absolute atomic E-state index is 11.9. The van der Waals surface area contributed by atoms with Crippen molar-refractivity contribution in [2.45, 2.75) is 65.8 Å². The Morgan fingerprint density at radius 1 is 1.20 bits per heavy atom. The van der Waals surface area contributed by atoms with E-state index in [1.165, 1.54) is 0 Å². The van der Waals surface area contributed by atoms with Gasteiger partial charge in [0.1, 0.15) is 0 Å². The highest BCUT2D eigenvalue weighted by molar-refractivity contribution is 5.82. The lowest BCUT2D eigenvalue weighted by Crippen LogP contribution is -2.48. The third-order valence-corrected chi connectivity index (χ3v) is 3.53. The van der Waals surface area contributed by atoms with E-state index in [-0.39, 0.29) is 17.7 Å². The quantitative estimate of drug-likeness (QED) is 0.605. The summed E-state index contributed by atoms with van der Waals surface area (Å²) in [6, 6.07) is -0.522. The van der Waals surface area contributed by atoms with Crippen molar-refractivity contribution in [3.8, 4) is 0 Å². The van der Waals surface area contributed by atoms with Crippen molar-refractivity contribution >= 4 is 11.9 Å². The molecule has 0 fully saturated rings. The lowest BCUT2D eigenvalue weighted by molar-refractivity contribution is -0.137. The van der Waals surface area contributed by atoms with Crippen LogP contribution in [0.2, 0.25) is 0 Å². The zero-order valence-corrected chi connectivity index (χ0v) is 13.2. The van der Waals surface area contributed by atoms with Gasteiger partial charge >= 0.3 is 5.97 Å². The smallest absolute Gasteiger partial charge is 0.303 e. The monoisotopic (exact) mass is 286 g/mol. The van der Waals surface area contributed by atoms with Crippen molar-refractivity contribution in [1.29, 1.82) is 0 Å². The first kappa shape index (κ1) is 18.9. The van der Waals surface area contributed by atoms with Crippen LogP contribution in [-0.2, 0) is 9.59 Å². The molecule has 5 nitrogen and oxygen atoms in total. The molecule has 0 saturated heterocycles. The number of carboxylic acid groups (broad SMARTS) is 1. The molecule has 0 saturated carbocycles. The van der Waals surface area contributed by atoms with E-state index in [0.29, 0.717) is 18.9 Å². The van der Waals surface area contributed by atoms with Gasteiger partial charge in [-0.05, 0) is 24.2 Å². The summed E-state index contributed by atoms with van der Waals surface area (Å²) < 4.78 is 0. The van der Waals surface area contributed by atoms with Crippen LogP contribution in [0.25, 0.3) is 0 Å². The van der Waals surface area contributed by atoms with Crippen LogP contribution < -0.4 is 11.1 Å². The lowest BCUT2D eigenvalue weighted by Gasteiger charge is -2.26. The van der Waals surface area contributed by atoms with Crippen LogP contribution >= 0.6 is 0 Å². The SMILES string of the molecule is CCCC(CCNC(=O)[C@@H](N)C(C)(C)C)CCC(=O)O. The Hall–Kier alpha value is -1.10. The maximum Gasteiger partial charge on any atom is 0.303 e. The Balaban J connectivity index is 4.10. The van der Waals surface area contributed by atoms with Crippen LogP contribution in [0.4, 0.5) is 0 Å². The molecule has 0 aromatic heterocycles. The van der Waals surface area contributed by atoms with Crippen LogP contribution in [0.15, 0.2) is 0 Å². The molecule has 0 bridgehead atoms. The number of hydrogen-bond donors (Lipinski definition) is 3. The van der Waals surface area contributed by atoms with Gasteiger partial charge in [-0.1, -0.05) is 40.5 Å². The van der Waals surface area contributed by atoms with Gasteiger partial charge < -0.3 is 16.2 Å². The molecule has 0 aromatic carbocycles. The molecule has 118 valence electrons. The van der Waals surface area contributed by atoms with Gasteiger partial charge in [-0.3, -0.25) is 9.59 Å². The summed E-state index contributed by atoms with van der Waals surface area (Å²) in [6.45, 7) is 8.45. The molecular formula is C15H30N2O3. The minimum absolute atomic E-state index is 0.133. The predicted octanol–water partition coefficient (Wildman–Crippen LogP) is 2.15. The number of carbonyl (C=O) groups is 2. The van der Waals surface area contributed by atoms with Gasteiger partial charge in [0.15, 0.2) is 0 Å². The van der Waals surface area contributed by atoms with Crippen LogP contribution in [0.1, 0.15) is 59.8 Å². The Morgan fingerprint density at radius 2 is 1.80 bits per heavy atom. The number of carbonyl (C=O) groups excluding carboxylic acids is 1. The molecule has 0 aliphatic heterocycles. The second-order valence-corrected chi connectivity index (χ2v) is 6.51. The third kappa shape index (κ3) is 8.15. The first-order chi connectivity index (χ1) is 9.18. The van der Waals surface area contributed by atoms with Gasteiger partial charge in [-0.15, -0.1) is 0 Å². The molecule has 0 aromatic rings. The summed E-state index contributed by atoms with van der Waals surface area (Å²) in [6.07, 6.45) is 3.70. The number of amides is 1. The summed E-state index contributed by atoms with van der Waals surface area (Å²) in [7, 11) is 0. The van der Waals surface area contributed by atoms with Crippen LogP contribution in [0.3, 0.4) is 0 Å². The van der Waals surface area contributed by atoms with Gasteiger partial charge in [-0.25, -0.2) is 0 Å². The molecule has 0 radical (unpaired) electrons. The molecule has 0 aliphatic rings. The van der Waals surface area contributed by atoms with Crippen molar-refractivity contribution < 1.29 is 14.7 Å². The topological polar surface area (TPSA) is 92.4 Å². The third-order valence-electron chi connectivity index (χ3n) is 3.53. The number of aliphatic carboxylic acids is 1. The molecule has 1 unspecified atom stereocenters. The van der Waals surface area contributed by atoms with Crippen molar-refractivity contribution in [1.82, 2.24) is 5.32 Å². The maximum atomic E-state index is 11.9. The molecule has 2 atom stereocenters. The van der Waals surface area contributed by atoms with Gasteiger partial charge in [0.2, 0.25) is 5.91 Å². The van der Waals surface area contributed by atoms with E-state index >= 15 is 0 Å². The van der Waals surface area contributed by atoms with Gasteiger partial charge in [0, 0.05) is 13.0 Å². The fraction of sp³-hybridized carbons (Fsp3) is 0.867. The Labute approximate surface area is 122 Å². The molecule has 5 heteroatoms. The molecule has 0 aliphatic carbocycles. The zero-order valence-electron chi connectivity index (χ0n) is 13.2. The van der Waals surface area contributed by atoms with Crippen molar-refractivity contribution in [2.75, 3.05) is 6.54 Å². The standard InChI is InChI=1S/C15H30N2O3/c1-5-6-11(7-8-12(18)19)9-10-17-14(20)13(16)15(2,3)4/h11,13H,5-10,16H2,1-4H3,(H,17,20)(H,18,19)/t11?,13-/m1/s1. The molecule has 0 heterocycles. The van der Waals surface area contributed by atoms with Gasteiger partial charge in [-0.2, -0.15) is 0 Å². The molecule has 1 amide bonds. The number of rotatable bonds is 9. The highest BCUT2D eigenvalue weighted by Gasteiger charge is 2.27. The summed E-state index contributed by atoms with van der Waals surface area (Å²) in [5, 5.41) is 11.6. The van der Waals surface area contributed by atoms with E-state index in [1.807, 2.05) is 20.8 Å². The highest BCUT2D eigenvalue weighted by Crippen LogP contribution is 2.19. The predicted molar refractivity (Wildman–Crippen MR) is 80.3 cm³/mol. The summed E-state index contributed by atoms with van der Waals surface area (Å²) in [4.78, 5) is 22.5. The largest absolute Gasteiger partial charge is 0.481 e. The van der Waals surface area contributed by atoms with Crippen LogP contribution in [0, 0.1) is 11.3 Å². The molecule has 0 spiro atoms. The second kappa shape index (κ2) is 8.95. The van der Waals surface area contributed by atoms with E-state index in [1.54, 1.807) is 0 Å². The fourth-order valence-electron chi connectivity index (χ4n) is 2.07. The van der Waals surface area contributed by atoms with E-state index in [2.05, 4.69) is 12.2 Å². The molecule has 0 rings (SSSR count). The summed E-state index contributed by atoms with van der Waals surface area (Å²) in [5.74, 6) is -0.543. The minimum atomic E-state index is -0.759. The number of nitrogens with one attached hydrogen (secondary N) is 1. The van der Waals surface area contributed by atoms with Crippen LogP contribution in [-0.4, -0.2) is 29.6 Å². The Morgan fingerprint density at radius 3 is 2.25 bits per heavy atom. The molecular weight excluding hydrogens is 256 g/mol. The van der Waals surface area contributed by atoms with Crippen molar-refractivity contribution in [3.05, 3.63) is 0 Å². The van der Waals surface area contributed by atoms with E-state index in [0.717, 1.165) is 19.3 Å². The molecule has 20 heavy (non-hydrogen) atoms. The second-order valence-electron chi connectivity index (χ2n) is 6.51. The number of hydrogen-bond acceptors (Lipinski definition) is 3. The zero-order chi connectivity index (χ0) is 15.8. The van der Waals surface area contributed by atoms with E-state index in [4.69, 9.17) is 10.8 Å². The van der Waals surface area contributed by atoms with Crippen LogP contribution in [0.5, 0.6) is 0 Å². The molecule has 4 N–H and O–H groups in total. The number of nitrogens with two attached hydrogens (primary N) is 1. The first-order valence-electron chi connectivity index (χ1n) is 7.43. The van der Waals surface area contributed by atoms with Crippen molar-refractivity contribution in [2.24, 2.45) is 17.1 Å². The average molecular weight is 286 g/mol. The normalized spacial score (nSPS) is 14.7. The Bertz CT molecular complexity index is 311. The summed E-state index contributed by atoms with van der Waals surface area (Å²) in [5.41, 5.74) is 5.62. The number of carboxylic acids is 1. The van der Waals surface area contributed by atoms with Gasteiger partial charge in [0.25, 0.3) is 0 Å². The van der Waals surface area contributed by atoms with E-state index in [9.17, 15) is 9.59 Å². The summed E-state index contributed by atoms with van der Waals surface area (Å²) >= 11 is 0. The fourth-order valence-corrected chi connectivity index (χ4v) is 2.07. The average Bonchev–Trinajstić information content (AvgIpc) is 2.33. The van der Waals surface area contributed by atoms with Gasteiger partial charge in [0.05, 0.1) is 6.04 Å². The van der Waals surface area contributed by atoms with Crippen molar-refractivity contribution in [3.63, 3.8) is 0 Å². The lowest BCUT2D eigenvalue weighted by atomic mass is 9.87. The Kier molecular flexibility index (Phi) is 8.46. The minimum Gasteiger partial charge on any atom is -0.481 e. The highest BCUT2D eigenvalue weighted by atomic mass is 16.4. The van der Waals surface area contributed by atoms with E-state index < -0.39 is 12.0 Å².